The molecule has 0 spiro atoms. The molecule has 19 heavy (non-hydrogen) atoms. The predicted molar refractivity (Wildman–Crippen MR) is 67.5 cm³/mol. The van der Waals surface area contributed by atoms with Crippen LogP contribution in [0.25, 0.3) is 0 Å². The van der Waals surface area contributed by atoms with E-state index in [4.69, 9.17) is 5.73 Å². The van der Waals surface area contributed by atoms with Gasteiger partial charge in [0.2, 0.25) is 0 Å². The monoisotopic (exact) mass is 297 g/mol. The fourth-order valence-electron chi connectivity index (χ4n) is 2.54. The normalized spacial score (nSPS) is 18.2. The highest BCUT2D eigenvalue weighted by Gasteiger charge is 2.32. The van der Waals surface area contributed by atoms with Crippen LogP contribution in [0.1, 0.15) is 42.9 Å². The van der Waals surface area contributed by atoms with Gasteiger partial charge in [0.25, 0.3) is 0 Å². The van der Waals surface area contributed by atoms with Crippen molar-refractivity contribution in [3.05, 3.63) is 35.1 Å². The van der Waals surface area contributed by atoms with Crippen molar-refractivity contribution in [1.29, 1.82) is 0 Å². The van der Waals surface area contributed by atoms with Crippen molar-refractivity contribution in [1.82, 2.24) is 0 Å². The van der Waals surface area contributed by atoms with E-state index in [1.165, 1.54) is 6.07 Å². The molecule has 1 nitrogen and oxygen atoms in total. The second-order valence-corrected chi connectivity index (χ2v) is 4.80. The minimum Gasteiger partial charge on any atom is -0.324 e. The van der Waals surface area contributed by atoms with Crippen molar-refractivity contribution in [2.24, 2.45) is 11.7 Å². The third kappa shape index (κ3) is 3.60. The number of benzene rings is 1. The number of hydrogen-bond donors (Lipinski definition) is 1. The molecule has 1 aliphatic carbocycles. The summed E-state index contributed by atoms with van der Waals surface area (Å²) in [5, 5.41) is 0. The molecular weight excluding hydrogens is 282 g/mol. The molecule has 6 heteroatoms. The molecule has 0 heterocycles. The molecule has 1 saturated carbocycles. The third-order valence-corrected chi connectivity index (χ3v) is 3.59. The Balaban J connectivity index is 0.00000180. The molecule has 1 fully saturated rings. The molecule has 0 bridgehead atoms. The van der Waals surface area contributed by atoms with Gasteiger partial charge in [0.15, 0.2) is 0 Å². The zero-order valence-corrected chi connectivity index (χ0v) is 11.0. The topological polar surface area (TPSA) is 26.0 Å². The van der Waals surface area contributed by atoms with Crippen LogP contribution in [0.4, 0.5) is 17.6 Å². The average molecular weight is 298 g/mol. The van der Waals surface area contributed by atoms with E-state index in [1.807, 2.05) is 0 Å². The van der Waals surface area contributed by atoms with Gasteiger partial charge in [-0.1, -0.05) is 18.9 Å². The van der Waals surface area contributed by atoms with Gasteiger partial charge in [0, 0.05) is 11.6 Å². The maximum Gasteiger partial charge on any atom is 0.416 e. The fourth-order valence-corrected chi connectivity index (χ4v) is 2.54. The molecule has 0 aromatic heterocycles. The van der Waals surface area contributed by atoms with Gasteiger partial charge in [-0.05, 0) is 30.9 Å². The maximum atomic E-state index is 13.7. The summed E-state index contributed by atoms with van der Waals surface area (Å²) < 4.78 is 50.9. The van der Waals surface area contributed by atoms with Crippen LogP contribution in [0.15, 0.2) is 18.2 Å². The molecule has 0 amide bonds. The summed E-state index contributed by atoms with van der Waals surface area (Å²) in [6.07, 6.45) is -0.568. The van der Waals surface area contributed by atoms with E-state index < -0.39 is 23.6 Å². The number of nitrogens with two attached hydrogens (primary N) is 1. The highest BCUT2D eigenvalue weighted by atomic mass is 35.5. The van der Waals surface area contributed by atoms with E-state index in [9.17, 15) is 17.6 Å². The smallest absolute Gasteiger partial charge is 0.324 e. The van der Waals surface area contributed by atoms with Gasteiger partial charge in [0.1, 0.15) is 5.82 Å². The first-order chi connectivity index (χ1) is 8.39. The first-order valence-electron chi connectivity index (χ1n) is 6.02. The SMILES string of the molecule is Cl.N[C@@H](c1ccc(C(F)(F)F)cc1F)C1CCCC1. The van der Waals surface area contributed by atoms with E-state index in [-0.39, 0.29) is 23.9 Å². The van der Waals surface area contributed by atoms with Crippen LogP contribution in [0.5, 0.6) is 0 Å². The maximum absolute atomic E-state index is 13.7. The summed E-state index contributed by atoms with van der Waals surface area (Å²) in [6.45, 7) is 0. The van der Waals surface area contributed by atoms with E-state index in [1.54, 1.807) is 0 Å². The Morgan fingerprint density at radius 1 is 1.16 bits per heavy atom. The van der Waals surface area contributed by atoms with E-state index in [0.717, 1.165) is 31.7 Å². The Kier molecular flexibility index (Phi) is 5.21. The fraction of sp³-hybridized carbons (Fsp3) is 0.538. The quantitative estimate of drug-likeness (QED) is 0.802. The molecule has 2 rings (SSSR count). The molecule has 0 aliphatic heterocycles. The van der Waals surface area contributed by atoms with E-state index in [0.29, 0.717) is 6.07 Å². The van der Waals surface area contributed by atoms with Crippen LogP contribution in [-0.4, -0.2) is 0 Å². The highest BCUT2D eigenvalue weighted by Crippen LogP contribution is 2.36. The molecule has 1 aromatic carbocycles. The third-order valence-electron chi connectivity index (χ3n) is 3.59. The number of alkyl halides is 3. The second-order valence-electron chi connectivity index (χ2n) is 4.80. The Morgan fingerprint density at radius 3 is 2.21 bits per heavy atom. The Labute approximate surface area is 115 Å². The minimum absolute atomic E-state index is 0. The number of hydrogen-bond acceptors (Lipinski definition) is 1. The van der Waals surface area contributed by atoms with Crippen molar-refractivity contribution in [3.8, 4) is 0 Å². The largest absolute Gasteiger partial charge is 0.416 e. The summed E-state index contributed by atoms with van der Waals surface area (Å²) in [5.41, 5.74) is 5.16. The van der Waals surface area contributed by atoms with Crippen LogP contribution in [0.3, 0.4) is 0 Å². The zero-order valence-electron chi connectivity index (χ0n) is 10.2. The Morgan fingerprint density at radius 2 is 1.74 bits per heavy atom. The molecule has 0 unspecified atom stereocenters. The van der Waals surface area contributed by atoms with Crippen molar-refractivity contribution in [2.75, 3.05) is 0 Å². The van der Waals surface area contributed by atoms with E-state index >= 15 is 0 Å². The summed E-state index contributed by atoms with van der Waals surface area (Å²) in [7, 11) is 0. The van der Waals surface area contributed by atoms with Crippen LogP contribution in [-0.2, 0) is 6.18 Å². The summed E-state index contributed by atoms with van der Waals surface area (Å²) >= 11 is 0. The molecule has 0 radical (unpaired) electrons. The van der Waals surface area contributed by atoms with Gasteiger partial charge < -0.3 is 5.73 Å². The van der Waals surface area contributed by atoms with Crippen LogP contribution >= 0.6 is 12.4 Å². The van der Waals surface area contributed by atoms with Crippen LogP contribution < -0.4 is 5.73 Å². The molecule has 0 saturated heterocycles. The molecule has 1 atom stereocenters. The highest BCUT2D eigenvalue weighted by molar-refractivity contribution is 5.85. The lowest BCUT2D eigenvalue weighted by Gasteiger charge is -2.20. The van der Waals surface area contributed by atoms with Crippen molar-refractivity contribution >= 4 is 12.4 Å². The summed E-state index contributed by atoms with van der Waals surface area (Å²) in [5.74, 6) is -0.680. The van der Waals surface area contributed by atoms with E-state index in [2.05, 4.69) is 0 Å². The van der Waals surface area contributed by atoms with Crippen molar-refractivity contribution in [3.63, 3.8) is 0 Å². The van der Waals surface area contributed by atoms with Crippen LogP contribution in [0, 0.1) is 11.7 Å². The van der Waals surface area contributed by atoms with Crippen molar-refractivity contribution in [2.45, 2.75) is 37.9 Å². The number of halogens is 5. The average Bonchev–Trinajstić information content (AvgIpc) is 2.80. The number of rotatable bonds is 2. The first-order valence-corrected chi connectivity index (χ1v) is 6.02. The second kappa shape index (κ2) is 6.09. The summed E-state index contributed by atoms with van der Waals surface area (Å²) in [4.78, 5) is 0. The summed E-state index contributed by atoms with van der Waals surface area (Å²) in [6, 6.07) is 2.09. The Hall–Kier alpha value is -0.810. The van der Waals surface area contributed by atoms with Crippen LogP contribution in [0.2, 0.25) is 0 Å². The van der Waals surface area contributed by atoms with Gasteiger partial charge in [0.05, 0.1) is 5.56 Å². The first kappa shape index (κ1) is 16.2. The lowest BCUT2D eigenvalue weighted by molar-refractivity contribution is -0.137. The molecule has 2 N–H and O–H groups in total. The molecular formula is C13H16ClF4N. The molecule has 108 valence electrons. The zero-order chi connectivity index (χ0) is 13.3. The van der Waals surface area contributed by atoms with Gasteiger partial charge in [-0.15, -0.1) is 12.4 Å². The standard InChI is InChI=1S/C13H15F4N.ClH/c14-11-7-9(13(15,16)17)5-6-10(11)12(18)8-3-1-2-4-8;/h5-8,12H,1-4,18H2;1H/t12-;/m1./s1. The lowest BCUT2D eigenvalue weighted by Crippen LogP contribution is -2.21. The molecule has 1 aliphatic rings. The predicted octanol–water partition coefficient (Wildman–Crippen LogP) is 4.46. The van der Waals surface area contributed by atoms with Gasteiger partial charge in [-0.25, -0.2) is 4.39 Å². The van der Waals surface area contributed by atoms with Gasteiger partial charge >= 0.3 is 6.18 Å². The van der Waals surface area contributed by atoms with Gasteiger partial charge in [-0.3, -0.25) is 0 Å². The lowest BCUT2D eigenvalue weighted by atomic mass is 9.91. The minimum atomic E-state index is -4.52. The molecule has 1 aromatic rings. The van der Waals surface area contributed by atoms with Gasteiger partial charge in [-0.2, -0.15) is 13.2 Å². The Bertz CT molecular complexity index is 427. The van der Waals surface area contributed by atoms with Crippen molar-refractivity contribution < 1.29 is 17.6 Å².